The van der Waals surface area contributed by atoms with Gasteiger partial charge in [0.25, 0.3) is 0 Å². The molecule has 6 nitrogen and oxygen atoms in total. The molecular formula is C22H19N3O3. The van der Waals surface area contributed by atoms with Crippen molar-refractivity contribution in [2.24, 2.45) is 0 Å². The van der Waals surface area contributed by atoms with E-state index in [4.69, 9.17) is 4.42 Å². The lowest BCUT2D eigenvalue weighted by atomic mass is 10.0. The number of carbonyl (C=O) groups is 1. The zero-order chi connectivity index (χ0) is 19.8. The van der Waals surface area contributed by atoms with E-state index in [2.05, 4.69) is 29.1 Å². The first-order chi connectivity index (χ1) is 13.4. The van der Waals surface area contributed by atoms with Crippen molar-refractivity contribution >= 4 is 33.6 Å². The Hall–Kier alpha value is -3.54. The molecule has 0 aliphatic carbocycles. The summed E-state index contributed by atoms with van der Waals surface area (Å²) < 4.78 is 5.40. The number of nitrogens with zero attached hydrogens (tertiary/aromatic N) is 2. The fourth-order valence-corrected chi connectivity index (χ4v) is 3.15. The van der Waals surface area contributed by atoms with E-state index in [9.17, 15) is 9.59 Å². The van der Waals surface area contributed by atoms with Crippen LogP contribution < -0.4 is 10.9 Å². The van der Waals surface area contributed by atoms with Crippen LogP contribution in [0.25, 0.3) is 33.3 Å². The lowest BCUT2D eigenvalue weighted by Gasteiger charge is -2.11. The van der Waals surface area contributed by atoms with Gasteiger partial charge in [0, 0.05) is 17.9 Å². The monoisotopic (exact) mass is 373 g/mol. The second kappa shape index (κ2) is 6.88. The summed E-state index contributed by atoms with van der Waals surface area (Å²) >= 11 is 0. The van der Waals surface area contributed by atoms with Gasteiger partial charge in [-0.3, -0.25) is 4.79 Å². The Morgan fingerprint density at radius 2 is 1.75 bits per heavy atom. The number of aromatic nitrogens is 2. The van der Waals surface area contributed by atoms with Crippen molar-refractivity contribution in [2.75, 3.05) is 5.32 Å². The topological polar surface area (TPSA) is 85.1 Å². The molecule has 28 heavy (non-hydrogen) atoms. The Labute approximate surface area is 161 Å². The zero-order valence-corrected chi connectivity index (χ0v) is 15.8. The highest BCUT2D eigenvalue weighted by atomic mass is 16.4. The van der Waals surface area contributed by atoms with Crippen LogP contribution in [-0.4, -0.2) is 15.9 Å². The van der Waals surface area contributed by atoms with Gasteiger partial charge in [-0.05, 0) is 23.6 Å². The molecule has 1 N–H and O–H groups in total. The van der Waals surface area contributed by atoms with Gasteiger partial charge in [0.1, 0.15) is 11.0 Å². The number of benzene rings is 2. The third-order valence-corrected chi connectivity index (χ3v) is 4.59. The predicted molar refractivity (Wildman–Crippen MR) is 109 cm³/mol. The molecule has 0 aliphatic heterocycles. The number of nitrogens with one attached hydrogen (secondary N) is 1. The first-order valence-corrected chi connectivity index (χ1v) is 9.05. The van der Waals surface area contributed by atoms with Crippen molar-refractivity contribution in [1.29, 1.82) is 0 Å². The standard InChI is InChI=1S/C22H19N3O3/c1-12(2)14-8-10-15(11-9-14)20-24-19-16-6-4-5-7-17(16)28-22(27)18(19)21(25-20)23-13(3)26/h4-12H,1-3H3,(H,23,24,25,26). The van der Waals surface area contributed by atoms with Crippen LogP contribution in [0.5, 0.6) is 0 Å². The van der Waals surface area contributed by atoms with E-state index in [1.165, 1.54) is 12.5 Å². The summed E-state index contributed by atoms with van der Waals surface area (Å²) in [4.78, 5) is 33.4. The van der Waals surface area contributed by atoms with Crippen LogP contribution in [0.1, 0.15) is 32.3 Å². The quantitative estimate of drug-likeness (QED) is 0.423. The number of anilines is 1. The Morgan fingerprint density at radius 1 is 1.04 bits per heavy atom. The molecule has 0 saturated heterocycles. The minimum Gasteiger partial charge on any atom is -0.422 e. The smallest absolute Gasteiger partial charge is 0.349 e. The van der Waals surface area contributed by atoms with Crippen molar-refractivity contribution in [1.82, 2.24) is 9.97 Å². The van der Waals surface area contributed by atoms with E-state index < -0.39 is 5.63 Å². The molecule has 140 valence electrons. The van der Waals surface area contributed by atoms with Crippen molar-refractivity contribution in [3.8, 4) is 11.4 Å². The zero-order valence-electron chi connectivity index (χ0n) is 15.8. The van der Waals surface area contributed by atoms with Crippen LogP contribution >= 0.6 is 0 Å². The van der Waals surface area contributed by atoms with Crippen LogP contribution in [0.3, 0.4) is 0 Å². The highest BCUT2D eigenvalue weighted by Crippen LogP contribution is 2.28. The molecular weight excluding hydrogens is 354 g/mol. The molecule has 0 spiro atoms. The summed E-state index contributed by atoms with van der Waals surface area (Å²) in [6, 6.07) is 15.1. The minimum atomic E-state index is -0.584. The maximum atomic E-state index is 12.6. The van der Waals surface area contributed by atoms with Gasteiger partial charge in [0.15, 0.2) is 11.6 Å². The molecule has 4 rings (SSSR count). The molecule has 0 aliphatic rings. The number of rotatable bonds is 3. The van der Waals surface area contributed by atoms with Crippen LogP contribution in [0.4, 0.5) is 5.82 Å². The van der Waals surface area contributed by atoms with Gasteiger partial charge < -0.3 is 9.73 Å². The highest BCUT2D eigenvalue weighted by Gasteiger charge is 2.17. The van der Waals surface area contributed by atoms with Gasteiger partial charge in [0.2, 0.25) is 5.91 Å². The number of amides is 1. The fraction of sp³-hybridized carbons (Fsp3) is 0.182. The molecule has 6 heteroatoms. The van der Waals surface area contributed by atoms with Gasteiger partial charge in [-0.15, -0.1) is 0 Å². The number of fused-ring (bicyclic) bond motifs is 3. The third-order valence-electron chi connectivity index (χ3n) is 4.59. The van der Waals surface area contributed by atoms with Crippen molar-refractivity contribution in [3.63, 3.8) is 0 Å². The second-order valence-corrected chi connectivity index (χ2v) is 6.96. The Bertz CT molecular complexity index is 1260. The summed E-state index contributed by atoms with van der Waals surface area (Å²) in [6.07, 6.45) is 0. The first kappa shape index (κ1) is 17.9. The number of hydrogen-bond acceptors (Lipinski definition) is 5. The molecule has 0 fully saturated rings. The van der Waals surface area contributed by atoms with Gasteiger partial charge in [-0.25, -0.2) is 14.8 Å². The summed E-state index contributed by atoms with van der Waals surface area (Å²) in [5.74, 6) is 0.672. The van der Waals surface area contributed by atoms with E-state index in [0.29, 0.717) is 28.2 Å². The lowest BCUT2D eigenvalue weighted by molar-refractivity contribution is -0.114. The summed E-state index contributed by atoms with van der Waals surface area (Å²) in [7, 11) is 0. The molecule has 0 atom stereocenters. The van der Waals surface area contributed by atoms with E-state index in [0.717, 1.165) is 5.56 Å². The van der Waals surface area contributed by atoms with Crippen molar-refractivity contribution in [3.05, 3.63) is 64.5 Å². The van der Waals surface area contributed by atoms with E-state index in [-0.39, 0.29) is 17.1 Å². The Balaban J connectivity index is 2.03. The largest absolute Gasteiger partial charge is 0.422 e. The lowest BCUT2D eigenvalue weighted by Crippen LogP contribution is -2.13. The average Bonchev–Trinajstić information content (AvgIpc) is 2.67. The molecule has 1 amide bonds. The maximum absolute atomic E-state index is 12.6. The van der Waals surface area contributed by atoms with Gasteiger partial charge >= 0.3 is 5.63 Å². The Kier molecular flexibility index (Phi) is 4.39. The minimum absolute atomic E-state index is 0.153. The fourth-order valence-electron chi connectivity index (χ4n) is 3.15. The van der Waals surface area contributed by atoms with Gasteiger partial charge in [-0.1, -0.05) is 50.2 Å². The van der Waals surface area contributed by atoms with Gasteiger partial charge in [0.05, 0.1) is 5.52 Å². The SMILES string of the molecule is CC(=O)Nc1nc(-c2ccc(C(C)C)cc2)nc2c1c(=O)oc1ccccc12. The van der Waals surface area contributed by atoms with Crippen LogP contribution in [0, 0.1) is 0 Å². The molecule has 0 unspecified atom stereocenters. The second-order valence-electron chi connectivity index (χ2n) is 6.96. The van der Waals surface area contributed by atoms with Crippen LogP contribution in [-0.2, 0) is 4.79 Å². The molecule has 2 heterocycles. The Morgan fingerprint density at radius 3 is 2.43 bits per heavy atom. The van der Waals surface area contributed by atoms with E-state index in [1.807, 2.05) is 36.4 Å². The molecule has 0 saturated carbocycles. The van der Waals surface area contributed by atoms with E-state index in [1.54, 1.807) is 12.1 Å². The number of hydrogen-bond donors (Lipinski definition) is 1. The molecule has 2 aromatic carbocycles. The first-order valence-electron chi connectivity index (χ1n) is 9.05. The van der Waals surface area contributed by atoms with Gasteiger partial charge in [-0.2, -0.15) is 0 Å². The molecule has 2 aromatic heterocycles. The van der Waals surface area contributed by atoms with Crippen LogP contribution in [0.2, 0.25) is 0 Å². The van der Waals surface area contributed by atoms with Crippen molar-refractivity contribution in [2.45, 2.75) is 26.7 Å². The maximum Gasteiger partial charge on any atom is 0.349 e. The molecule has 0 radical (unpaired) electrons. The molecule has 0 bridgehead atoms. The number of para-hydroxylation sites is 1. The summed E-state index contributed by atoms with van der Waals surface area (Å²) in [6.45, 7) is 5.62. The highest BCUT2D eigenvalue weighted by molar-refractivity contribution is 6.08. The summed E-state index contributed by atoms with van der Waals surface area (Å²) in [5, 5.41) is 3.49. The normalized spacial score (nSPS) is 11.3. The predicted octanol–water partition coefficient (Wildman–Crippen LogP) is 4.49. The molecule has 4 aromatic rings. The average molecular weight is 373 g/mol. The van der Waals surface area contributed by atoms with Crippen LogP contribution in [0.15, 0.2) is 57.7 Å². The van der Waals surface area contributed by atoms with Crippen molar-refractivity contribution < 1.29 is 9.21 Å². The third kappa shape index (κ3) is 3.13. The summed E-state index contributed by atoms with van der Waals surface area (Å²) in [5.41, 5.74) is 2.31. The number of carbonyl (C=O) groups excluding carboxylic acids is 1. The van der Waals surface area contributed by atoms with E-state index >= 15 is 0 Å².